The minimum absolute atomic E-state index is 0.00922. The first kappa shape index (κ1) is 18.8. The molecule has 1 aromatic heterocycles. The van der Waals surface area contributed by atoms with Gasteiger partial charge in [-0.05, 0) is 24.8 Å². The number of nitrogens with zero attached hydrogens (tertiary/aromatic N) is 2. The van der Waals surface area contributed by atoms with Crippen molar-refractivity contribution in [2.45, 2.75) is 39.0 Å². The summed E-state index contributed by atoms with van der Waals surface area (Å²) in [5.74, 6) is 0.575. The van der Waals surface area contributed by atoms with Crippen molar-refractivity contribution in [3.8, 4) is 11.3 Å². The number of anilines is 1. The zero-order chi connectivity index (χ0) is 18.9. The maximum absolute atomic E-state index is 12.3. The Bertz CT molecular complexity index is 863. The number of carbonyl (C=O) groups is 1. The van der Waals surface area contributed by atoms with Gasteiger partial charge in [0.25, 0.3) is 0 Å². The summed E-state index contributed by atoms with van der Waals surface area (Å²) in [6.45, 7) is 2.10. The monoisotopic (exact) mass is 359 g/mol. The van der Waals surface area contributed by atoms with Crippen molar-refractivity contribution in [2.75, 3.05) is 5.32 Å². The van der Waals surface area contributed by atoms with Gasteiger partial charge >= 0.3 is 0 Å². The van der Waals surface area contributed by atoms with Crippen LogP contribution >= 0.6 is 0 Å². The molecule has 138 valence electrons. The summed E-state index contributed by atoms with van der Waals surface area (Å²) in [6.07, 6.45) is 5.65. The lowest BCUT2D eigenvalue weighted by Gasteiger charge is -2.11. The zero-order valence-corrected chi connectivity index (χ0v) is 15.7. The molecule has 2 aromatic carbocycles. The van der Waals surface area contributed by atoms with E-state index < -0.39 is 0 Å². The molecule has 0 unspecified atom stereocenters. The average molecular weight is 359 g/mol. The predicted molar refractivity (Wildman–Crippen MR) is 109 cm³/mol. The molecule has 1 amide bonds. The smallest absolute Gasteiger partial charge is 0.225 e. The lowest BCUT2D eigenvalue weighted by molar-refractivity contribution is -0.116. The number of aromatic nitrogens is 2. The van der Waals surface area contributed by atoms with Gasteiger partial charge in [-0.3, -0.25) is 4.79 Å². The second kappa shape index (κ2) is 9.62. The first-order chi connectivity index (χ1) is 13.3. The van der Waals surface area contributed by atoms with Crippen LogP contribution in [0, 0.1) is 0 Å². The maximum atomic E-state index is 12.3. The molecule has 27 heavy (non-hydrogen) atoms. The Morgan fingerprint density at radius 1 is 0.963 bits per heavy atom. The number of hydrogen-bond acceptors (Lipinski definition) is 3. The standard InChI is InChI=1S/C23H25N3O/c1-2-10-20-23(24-17-21(25-20)19-14-7-4-8-15-19)26-22(27)16-9-13-18-11-5-3-6-12-18/h3-8,11-12,14-15,17H,2,9-10,13,16H2,1H3,(H,24,26,27). The van der Waals surface area contributed by atoms with Crippen molar-refractivity contribution in [1.82, 2.24) is 9.97 Å². The van der Waals surface area contributed by atoms with E-state index in [1.54, 1.807) is 6.20 Å². The Morgan fingerprint density at radius 3 is 2.37 bits per heavy atom. The van der Waals surface area contributed by atoms with Crippen LogP contribution in [0.25, 0.3) is 11.3 Å². The van der Waals surface area contributed by atoms with Gasteiger partial charge in [0.2, 0.25) is 5.91 Å². The fraction of sp³-hybridized carbons (Fsp3) is 0.261. The first-order valence-electron chi connectivity index (χ1n) is 9.51. The molecule has 0 fully saturated rings. The summed E-state index contributed by atoms with van der Waals surface area (Å²) in [5.41, 5.74) is 3.96. The molecule has 0 aliphatic rings. The average Bonchev–Trinajstić information content (AvgIpc) is 2.71. The van der Waals surface area contributed by atoms with Gasteiger partial charge in [-0.2, -0.15) is 0 Å². The topological polar surface area (TPSA) is 54.9 Å². The highest BCUT2D eigenvalue weighted by Crippen LogP contribution is 2.20. The van der Waals surface area contributed by atoms with Crippen LogP contribution < -0.4 is 5.32 Å². The van der Waals surface area contributed by atoms with Crippen LogP contribution in [0.4, 0.5) is 5.82 Å². The highest BCUT2D eigenvalue weighted by Gasteiger charge is 2.11. The van der Waals surface area contributed by atoms with E-state index in [1.165, 1.54) is 5.56 Å². The van der Waals surface area contributed by atoms with Crippen LogP contribution in [0.1, 0.15) is 37.4 Å². The molecule has 0 saturated heterocycles. The lowest BCUT2D eigenvalue weighted by Crippen LogP contribution is -2.15. The molecule has 4 nitrogen and oxygen atoms in total. The van der Waals surface area contributed by atoms with Crippen molar-refractivity contribution in [2.24, 2.45) is 0 Å². The normalized spacial score (nSPS) is 10.6. The highest BCUT2D eigenvalue weighted by molar-refractivity contribution is 5.90. The third-order valence-corrected chi connectivity index (χ3v) is 4.37. The largest absolute Gasteiger partial charge is 0.309 e. The molecule has 0 aliphatic carbocycles. The van der Waals surface area contributed by atoms with Crippen molar-refractivity contribution >= 4 is 11.7 Å². The third-order valence-electron chi connectivity index (χ3n) is 4.37. The van der Waals surface area contributed by atoms with Gasteiger partial charge in [-0.15, -0.1) is 0 Å². The van der Waals surface area contributed by atoms with E-state index in [2.05, 4.69) is 29.4 Å². The van der Waals surface area contributed by atoms with Crippen LogP contribution in [0.5, 0.6) is 0 Å². The van der Waals surface area contributed by atoms with Gasteiger partial charge in [0.05, 0.1) is 17.6 Å². The summed E-state index contributed by atoms with van der Waals surface area (Å²) in [4.78, 5) is 21.6. The Labute approximate surface area is 160 Å². The van der Waals surface area contributed by atoms with Crippen LogP contribution in [0.15, 0.2) is 66.9 Å². The molecular weight excluding hydrogens is 334 g/mol. The Balaban J connectivity index is 1.63. The van der Waals surface area contributed by atoms with Gasteiger partial charge in [0.1, 0.15) is 0 Å². The molecule has 0 bridgehead atoms. The number of nitrogens with one attached hydrogen (secondary N) is 1. The highest BCUT2D eigenvalue weighted by atomic mass is 16.1. The number of hydrogen-bond donors (Lipinski definition) is 1. The van der Waals surface area contributed by atoms with Crippen LogP contribution in [-0.4, -0.2) is 15.9 Å². The van der Waals surface area contributed by atoms with Gasteiger partial charge < -0.3 is 5.32 Å². The van der Waals surface area contributed by atoms with Gasteiger partial charge in [-0.1, -0.05) is 74.0 Å². The number of benzene rings is 2. The Hall–Kier alpha value is -3.01. The predicted octanol–water partition coefficient (Wildman–Crippen LogP) is 5.06. The quantitative estimate of drug-likeness (QED) is 0.612. The summed E-state index contributed by atoms with van der Waals surface area (Å²) in [7, 11) is 0. The van der Waals surface area contributed by atoms with Crippen LogP contribution in [0.2, 0.25) is 0 Å². The fourth-order valence-electron chi connectivity index (χ4n) is 2.98. The van der Waals surface area contributed by atoms with E-state index in [9.17, 15) is 4.79 Å². The summed E-state index contributed by atoms with van der Waals surface area (Å²) in [6, 6.07) is 20.2. The molecule has 0 radical (unpaired) electrons. The number of aryl methyl sites for hydroxylation is 2. The molecule has 0 atom stereocenters. The SMILES string of the molecule is CCCc1nc(-c2ccccc2)cnc1NC(=O)CCCc1ccccc1. The number of carbonyl (C=O) groups excluding carboxylic acids is 1. The molecular formula is C23H25N3O. The van der Waals surface area contributed by atoms with Gasteiger partial charge in [0, 0.05) is 12.0 Å². The molecule has 1 heterocycles. The second-order valence-corrected chi connectivity index (χ2v) is 6.55. The fourth-order valence-corrected chi connectivity index (χ4v) is 2.98. The molecule has 3 aromatic rings. The third kappa shape index (κ3) is 5.48. The van der Waals surface area contributed by atoms with Crippen molar-refractivity contribution in [1.29, 1.82) is 0 Å². The second-order valence-electron chi connectivity index (χ2n) is 6.55. The molecule has 4 heteroatoms. The number of amides is 1. The van der Waals surface area contributed by atoms with E-state index in [0.717, 1.165) is 42.6 Å². The van der Waals surface area contributed by atoms with E-state index >= 15 is 0 Å². The molecule has 0 saturated carbocycles. The van der Waals surface area contributed by atoms with Crippen LogP contribution in [0.3, 0.4) is 0 Å². The summed E-state index contributed by atoms with van der Waals surface area (Å²) in [5, 5.41) is 2.95. The van der Waals surface area contributed by atoms with Crippen molar-refractivity contribution < 1.29 is 4.79 Å². The molecule has 1 N–H and O–H groups in total. The minimum Gasteiger partial charge on any atom is -0.309 e. The zero-order valence-electron chi connectivity index (χ0n) is 15.7. The Morgan fingerprint density at radius 2 is 1.67 bits per heavy atom. The van der Waals surface area contributed by atoms with Crippen molar-refractivity contribution in [3.63, 3.8) is 0 Å². The van der Waals surface area contributed by atoms with Crippen LogP contribution in [-0.2, 0) is 17.6 Å². The van der Waals surface area contributed by atoms with E-state index in [4.69, 9.17) is 4.98 Å². The first-order valence-corrected chi connectivity index (χ1v) is 9.51. The van der Waals surface area contributed by atoms with E-state index in [1.807, 2.05) is 48.5 Å². The van der Waals surface area contributed by atoms with Gasteiger partial charge in [0.15, 0.2) is 5.82 Å². The molecule has 0 spiro atoms. The van der Waals surface area contributed by atoms with E-state index in [-0.39, 0.29) is 5.91 Å². The summed E-state index contributed by atoms with van der Waals surface area (Å²) < 4.78 is 0. The molecule has 3 rings (SSSR count). The Kier molecular flexibility index (Phi) is 6.69. The number of rotatable bonds is 8. The van der Waals surface area contributed by atoms with E-state index in [0.29, 0.717) is 12.2 Å². The molecule has 0 aliphatic heterocycles. The summed E-state index contributed by atoms with van der Waals surface area (Å²) >= 11 is 0. The van der Waals surface area contributed by atoms with Gasteiger partial charge in [-0.25, -0.2) is 9.97 Å². The maximum Gasteiger partial charge on any atom is 0.225 e. The minimum atomic E-state index is -0.00922. The lowest BCUT2D eigenvalue weighted by atomic mass is 10.1. The van der Waals surface area contributed by atoms with Crippen molar-refractivity contribution in [3.05, 3.63) is 78.1 Å².